The molecule has 2 nitrogen and oxygen atoms in total. The first-order valence-corrected chi connectivity index (χ1v) is 4.58. The van der Waals surface area contributed by atoms with E-state index in [4.69, 9.17) is 9.47 Å². The van der Waals surface area contributed by atoms with Gasteiger partial charge in [-0.1, -0.05) is 17.7 Å². The van der Waals surface area contributed by atoms with Gasteiger partial charge in [-0.05, 0) is 12.8 Å². The number of ether oxygens (including phenoxy) is 2. The Labute approximate surface area is 71.9 Å². The van der Waals surface area contributed by atoms with Crippen LogP contribution in [-0.4, -0.2) is 19.0 Å². The quantitative estimate of drug-likeness (QED) is 0.543. The molecule has 1 spiro atoms. The number of allylic oxidation sites excluding steroid dienone is 2. The smallest absolute Gasteiger partial charge is 0.195 e. The third-order valence-electron chi connectivity index (χ3n) is 2.95. The van der Waals surface area contributed by atoms with Gasteiger partial charge in [-0.3, -0.25) is 0 Å². The molecule has 3 aliphatic rings. The molecule has 1 fully saturated rings. The van der Waals surface area contributed by atoms with E-state index in [0.717, 1.165) is 32.5 Å². The molecule has 0 amide bonds. The summed E-state index contributed by atoms with van der Waals surface area (Å²) in [7, 11) is 0. The summed E-state index contributed by atoms with van der Waals surface area (Å²) < 4.78 is 11.4. The minimum Gasteiger partial charge on any atom is -0.343 e. The van der Waals surface area contributed by atoms with Crippen LogP contribution in [0.25, 0.3) is 0 Å². The first-order valence-electron chi connectivity index (χ1n) is 4.58. The largest absolute Gasteiger partial charge is 0.343 e. The number of rotatable bonds is 0. The molecule has 0 aromatic carbocycles. The van der Waals surface area contributed by atoms with Crippen molar-refractivity contribution in [3.05, 3.63) is 23.3 Å². The van der Waals surface area contributed by atoms with Gasteiger partial charge in [0.2, 0.25) is 0 Å². The maximum absolute atomic E-state index is 5.68. The zero-order valence-corrected chi connectivity index (χ0v) is 7.01. The highest BCUT2D eigenvalue weighted by Crippen LogP contribution is 2.46. The van der Waals surface area contributed by atoms with Crippen molar-refractivity contribution >= 4 is 0 Å². The van der Waals surface area contributed by atoms with Gasteiger partial charge in [-0.25, -0.2) is 0 Å². The lowest BCUT2D eigenvalue weighted by molar-refractivity contribution is -0.121. The van der Waals surface area contributed by atoms with Crippen LogP contribution in [-0.2, 0) is 9.47 Å². The standard InChI is InChI=1S/C10H12O2/c1-2-8-4-5-10(9(8)3-1)11-6-7-12-10/h1,3H,2,4-7H2. The molecule has 0 unspecified atom stereocenters. The summed E-state index contributed by atoms with van der Waals surface area (Å²) in [5, 5.41) is 0. The van der Waals surface area contributed by atoms with Gasteiger partial charge < -0.3 is 9.47 Å². The molecule has 0 aromatic rings. The van der Waals surface area contributed by atoms with E-state index in [9.17, 15) is 0 Å². The number of hydrogen-bond donors (Lipinski definition) is 0. The first-order chi connectivity index (χ1) is 5.91. The lowest BCUT2D eigenvalue weighted by Crippen LogP contribution is -2.28. The fourth-order valence-electron chi connectivity index (χ4n) is 2.38. The molecule has 0 atom stereocenters. The molecule has 2 heteroatoms. The van der Waals surface area contributed by atoms with Crippen molar-refractivity contribution in [1.82, 2.24) is 0 Å². The van der Waals surface area contributed by atoms with E-state index < -0.39 is 0 Å². The summed E-state index contributed by atoms with van der Waals surface area (Å²) in [6.45, 7) is 1.51. The predicted octanol–water partition coefficient (Wildman–Crippen LogP) is 1.78. The summed E-state index contributed by atoms with van der Waals surface area (Å²) in [5.41, 5.74) is 2.84. The average molecular weight is 164 g/mol. The monoisotopic (exact) mass is 164 g/mol. The van der Waals surface area contributed by atoms with Gasteiger partial charge in [-0.15, -0.1) is 0 Å². The Balaban J connectivity index is 2.02. The second-order valence-corrected chi connectivity index (χ2v) is 3.57. The highest BCUT2D eigenvalue weighted by Gasteiger charge is 2.45. The molecule has 64 valence electrons. The minimum absolute atomic E-state index is 0.317. The average Bonchev–Trinajstić information content (AvgIpc) is 2.76. The van der Waals surface area contributed by atoms with Crippen LogP contribution in [0, 0.1) is 0 Å². The minimum atomic E-state index is -0.317. The van der Waals surface area contributed by atoms with Gasteiger partial charge >= 0.3 is 0 Å². The van der Waals surface area contributed by atoms with Crippen LogP contribution in [0.2, 0.25) is 0 Å². The molecule has 0 N–H and O–H groups in total. The molecule has 2 aliphatic carbocycles. The highest BCUT2D eigenvalue weighted by molar-refractivity contribution is 5.43. The van der Waals surface area contributed by atoms with E-state index in [1.807, 2.05) is 0 Å². The Bertz CT molecular complexity index is 270. The van der Waals surface area contributed by atoms with Gasteiger partial charge in [0.15, 0.2) is 5.79 Å². The number of fused-ring (bicyclic) bond motifs is 1. The van der Waals surface area contributed by atoms with Crippen molar-refractivity contribution < 1.29 is 9.47 Å². The van der Waals surface area contributed by atoms with Crippen LogP contribution >= 0.6 is 0 Å². The van der Waals surface area contributed by atoms with Crippen molar-refractivity contribution in [1.29, 1.82) is 0 Å². The molecule has 3 rings (SSSR count). The van der Waals surface area contributed by atoms with Crippen molar-refractivity contribution in [2.24, 2.45) is 0 Å². The number of hydrogen-bond acceptors (Lipinski definition) is 2. The summed E-state index contributed by atoms with van der Waals surface area (Å²) in [6.07, 6.45) is 7.68. The molecule has 1 heterocycles. The Morgan fingerprint density at radius 1 is 1.25 bits per heavy atom. The van der Waals surface area contributed by atoms with Gasteiger partial charge in [0.05, 0.1) is 13.2 Å². The molecule has 12 heavy (non-hydrogen) atoms. The predicted molar refractivity (Wildman–Crippen MR) is 44.7 cm³/mol. The normalized spacial score (nSPS) is 30.7. The van der Waals surface area contributed by atoms with Crippen molar-refractivity contribution in [2.45, 2.75) is 25.0 Å². The molecule has 0 radical (unpaired) electrons. The SMILES string of the molecule is C1=CC2=C(C1)CCC21OCCO1. The van der Waals surface area contributed by atoms with E-state index >= 15 is 0 Å². The van der Waals surface area contributed by atoms with E-state index in [1.54, 1.807) is 0 Å². The molecule has 1 aliphatic heterocycles. The lowest BCUT2D eigenvalue weighted by Gasteiger charge is -2.23. The fraction of sp³-hybridized carbons (Fsp3) is 0.600. The third kappa shape index (κ3) is 0.718. The second kappa shape index (κ2) is 2.21. The van der Waals surface area contributed by atoms with Crippen LogP contribution in [0.15, 0.2) is 23.3 Å². The van der Waals surface area contributed by atoms with E-state index in [-0.39, 0.29) is 5.79 Å². The molecule has 0 bridgehead atoms. The Hall–Kier alpha value is -0.600. The van der Waals surface area contributed by atoms with Gasteiger partial charge in [0.25, 0.3) is 0 Å². The molecule has 0 aromatic heterocycles. The van der Waals surface area contributed by atoms with E-state index in [1.165, 1.54) is 11.1 Å². The maximum Gasteiger partial charge on any atom is 0.195 e. The topological polar surface area (TPSA) is 18.5 Å². The van der Waals surface area contributed by atoms with Crippen LogP contribution in [0.5, 0.6) is 0 Å². The highest BCUT2D eigenvalue weighted by atomic mass is 16.7. The summed E-state index contributed by atoms with van der Waals surface area (Å²) in [4.78, 5) is 0. The first kappa shape index (κ1) is 6.87. The summed E-state index contributed by atoms with van der Waals surface area (Å²) in [6, 6.07) is 0. The van der Waals surface area contributed by atoms with Crippen molar-refractivity contribution in [3.63, 3.8) is 0 Å². The summed E-state index contributed by atoms with van der Waals surface area (Å²) >= 11 is 0. The van der Waals surface area contributed by atoms with Crippen LogP contribution in [0.3, 0.4) is 0 Å². The van der Waals surface area contributed by atoms with E-state index in [2.05, 4.69) is 12.2 Å². The fourth-order valence-corrected chi connectivity index (χ4v) is 2.38. The molecular formula is C10H12O2. The van der Waals surface area contributed by atoms with Gasteiger partial charge in [0, 0.05) is 12.0 Å². The van der Waals surface area contributed by atoms with Crippen LogP contribution in [0.1, 0.15) is 19.3 Å². The zero-order chi connectivity index (χ0) is 8.02. The van der Waals surface area contributed by atoms with Crippen LogP contribution in [0.4, 0.5) is 0 Å². The summed E-state index contributed by atoms with van der Waals surface area (Å²) in [5.74, 6) is -0.317. The molecule has 0 saturated carbocycles. The zero-order valence-electron chi connectivity index (χ0n) is 7.01. The van der Waals surface area contributed by atoms with Crippen LogP contribution < -0.4 is 0 Å². The van der Waals surface area contributed by atoms with Crippen molar-refractivity contribution in [2.75, 3.05) is 13.2 Å². The molecular weight excluding hydrogens is 152 g/mol. The Morgan fingerprint density at radius 3 is 2.92 bits per heavy atom. The second-order valence-electron chi connectivity index (χ2n) is 3.57. The Kier molecular flexibility index (Phi) is 1.26. The molecule has 1 saturated heterocycles. The van der Waals surface area contributed by atoms with Gasteiger partial charge in [0.1, 0.15) is 0 Å². The van der Waals surface area contributed by atoms with E-state index in [0.29, 0.717) is 0 Å². The Morgan fingerprint density at radius 2 is 2.08 bits per heavy atom. The third-order valence-corrected chi connectivity index (χ3v) is 2.95. The lowest BCUT2D eigenvalue weighted by atomic mass is 10.1. The van der Waals surface area contributed by atoms with Crippen molar-refractivity contribution in [3.8, 4) is 0 Å². The maximum atomic E-state index is 5.68. The van der Waals surface area contributed by atoms with Gasteiger partial charge in [-0.2, -0.15) is 0 Å².